The number of nitrogens with zero attached hydrogens (tertiary/aromatic N) is 1. The Morgan fingerprint density at radius 3 is 2.35 bits per heavy atom. The summed E-state index contributed by atoms with van der Waals surface area (Å²) >= 11 is 0. The van der Waals surface area contributed by atoms with Gasteiger partial charge in [-0.2, -0.15) is 0 Å². The Hall–Kier alpha value is -3.85. The molecule has 0 atom stereocenters. The monoisotopic (exact) mass is 419 g/mol. The summed E-state index contributed by atoms with van der Waals surface area (Å²) in [7, 11) is 1.90. The van der Waals surface area contributed by atoms with E-state index in [-0.39, 0.29) is 0 Å². The average Bonchev–Trinajstić information content (AvgIpc) is 3.10. The quantitative estimate of drug-likeness (QED) is 0.406. The van der Waals surface area contributed by atoms with Gasteiger partial charge < -0.3 is 15.2 Å². The molecule has 1 heterocycles. The van der Waals surface area contributed by atoms with Crippen molar-refractivity contribution < 1.29 is 13.6 Å². The molecule has 3 aromatic rings. The Balaban J connectivity index is 1.83. The van der Waals surface area contributed by atoms with Crippen LogP contribution in [0.3, 0.4) is 0 Å². The van der Waals surface area contributed by atoms with Crippen LogP contribution in [0.5, 0.6) is 0 Å². The third-order valence-electron chi connectivity index (χ3n) is 4.85. The summed E-state index contributed by atoms with van der Waals surface area (Å²) < 4.78 is 27.6. The first-order valence-electron chi connectivity index (χ1n) is 9.74. The van der Waals surface area contributed by atoms with E-state index in [9.17, 15) is 13.6 Å². The summed E-state index contributed by atoms with van der Waals surface area (Å²) in [6.45, 7) is 5.72. The van der Waals surface area contributed by atoms with Gasteiger partial charge in [0.25, 0.3) is 5.91 Å². The second-order valence-electron chi connectivity index (χ2n) is 6.94. The fraction of sp³-hybridized carbons (Fsp3) is 0.160. The van der Waals surface area contributed by atoms with Gasteiger partial charge in [-0.3, -0.25) is 4.79 Å². The van der Waals surface area contributed by atoms with Crippen molar-refractivity contribution in [2.24, 2.45) is 0 Å². The molecule has 3 rings (SSSR count). The molecule has 4 nitrogen and oxygen atoms in total. The number of nitrogens with one attached hydrogen (secondary N) is 2. The van der Waals surface area contributed by atoms with Crippen molar-refractivity contribution in [3.05, 3.63) is 83.2 Å². The molecule has 31 heavy (non-hydrogen) atoms. The van der Waals surface area contributed by atoms with E-state index in [1.54, 1.807) is 19.1 Å². The second kappa shape index (κ2) is 9.31. The second-order valence-corrected chi connectivity index (χ2v) is 6.94. The van der Waals surface area contributed by atoms with E-state index in [1.165, 1.54) is 6.07 Å². The molecule has 0 saturated heterocycles. The lowest BCUT2D eigenvalue weighted by Gasteiger charge is -2.14. The molecule has 0 bridgehead atoms. The van der Waals surface area contributed by atoms with E-state index in [1.807, 2.05) is 50.1 Å². The summed E-state index contributed by atoms with van der Waals surface area (Å²) in [5.41, 5.74) is 4.66. The number of aromatic amines is 1. The maximum atomic E-state index is 13.8. The van der Waals surface area contributed by atoms with Crippen LogP contribution in [-0.2, 0) is 0 Å². The molecule has 0 saturated carbocycles. The van der Waals surface area contributed by atoms with Crippen LogP contribution in [0.4, 0.5) is 14.5 Å². The van der Waals surface area contributed by atoms with Gasteiger partial charge in [-0.1, -0.05) is 30.2 Å². The molecule has 0 radical (unpaired) electrons. The van der Waals surface area contributed by atoms with E-state index in [2.05, 4.69) is 22.3 Å². The normalized spacial score (nSPS) is 11.0. The van der Waals surface area contributed by atoms with E-state index in [0.29, 0.717) is 5.69 Å². The molecule has 6 heteroatoms. The predicted molar refractivity (Wildman–Crippen MR) is 120 cm³/mol. The first-order valence-corrected chi connectivity index (χ1v) is 9.74. The number of carbonyl (C=O) groups is 1. The van der Waals surface area contributed by atoms with E-state index in [0.717, 1.165) is 40.3 Å². The fourth-order valence-corrected chi connectivity index (χ4v) is 3.40. The van der Waals surface area contributed by atoms with Gasteiger partial charge in [0.1, 0.15) is 17.2 Å². The van der Waals surface area contributed by atoms with Crippen LogP contribution in [0, 0.1) is 30.5 Å². The van der Waals surface area contributed by atoms with Gasteiger partial charge in [0, 0.05) is 30.0 Å². The lowest BCUT2D eigenvalue weighted by molar-refractivity contribution is 0.101. The molecule has 1 amide bonds. The SMILES string of the molecule is CC#CN(C)/C(=C\C)c1cc(-c2ccc(NC(=O)c3c(F)cccc3F)cc2)c(C)[nH]1. The van der Waals surface area contributed by atoms with Crippen molar-refractivity contribution >= 4 is 17.3 Å². The number of hydrogen-bond acceptors (Lipinski definition) is 2. The van der Waals surface area contributed by atoms with Crippen molar-refractivity contribution in [1.29, 1.82) is 0 Å². The number of aromatic nitrogens is 1. The highest BCUT2D eigenvalue weighted by Crippen LogP contribution is 2.29. The van der Waals surface area contributed by atoms with Crippen molar-refractivity contribution in [3.8, 4) is 23.1 Å². The van der Waals surface area contributed by atoms with Crippen LogP contribution >= 0.6 is 0 Å². The number of halogens is 2. The molecule has 2 N–H and O–H groups in total. The summed E-state index contributed by atoms with van der Waals surface area (Å²) in [5, 5.41) is 2.54. The molecule has 0 unspecified atom stereocenters. The standard InChI is InChI=1S/C25H23F2N3O/c1-5-14-30(4)23(6-2)22-15-19(16(3)28-22)17-10-12-18(13-11-17)29-25(31)24-20(26)8-7-9-21(24)27/h6-13,15,28H,1-4H3,(H,29,31)/b23-6-. The number of benzene rings is 2. The van der Waals surface area contributed by atoms with Gasteiger partial charge in [-0.15, -0.1) is 0 Å². The zero-order chi connectivity index (χ0) is 22.5. The number of anilines is 1. The zero-order valence-corrected chi connectivity index (χ0v) is 17.8. The predicted octanol–water partition coefficient (Wildman–Crippen LogP) is 5.79. The van der Waals surface area contributed by atoms with Crippen LogP contribution in [0.1, 0.15) is 35.6 Å². The van der Waals surface area contributed by atoms with E-state index < -0.39 is 23.1 Å². The van der Waals surface area contributed by atoms with Gasteiger partial charge in [0.2, 0.25) is 0 Å². The smallest absolute Gasteiger partial charge is 0.261 e. The maximum absolute atomic E-state index is 13.8. The third-order valence-corrected chi connectivity index (χ3v) is 4.85. The van der Waals surface area contributed by atoms with Gasteiger partial charge in [0.05, 0.1) is 11.4 Å². The zero-order valence-electron chi connectivity index (χ0n) is 17.8. The summed E-state index contributed by atoms with van der Waals surface area (Å²) in [6, 6.07) is 15.5. The van der Waals surface area contributed by atoms with Gasteiger partial charge in [-0.25, -0.2) is 8.78 Å². The fourth-order valence-electron chi connectivity index (χ4n) is 3.40. The third kappa shape index (κ3) is 4.67. The Labute approximate surface area is 180 Å². The lowest BCUT2D eigenvalue weighted by atomic mass is 10.1. The highest BCUT2D eigenvalue weighted by molar-refractivity contribution is 6.04. The molecule has 2 aromatic carbocycles. The van der Waals surface area contributed by atoms with Crippen LogP contribution in [0.15, 0.2) is 54.6 Å². The van der Waals surface area contributed by atoms with Crippen molar-refractivity contribution in [2.45, 2.75) is 20.8 Å². The number of allylic oxidation sites excluding steroid dienone is 1. The van der Waals surface area contributed by atoms with Gasteiger partial charge in [0.15, 0.2) is 0 Å². The molecular weight excluding hydrogens is 396 g/mol. The Bertz CT molecular complexity index is 1180. The number of aryl methyl sites for hydroxylation is 1. The molecule has 1 aromatic heterocycles. The first kappa shape index (κ1) is 21.8. The highest BCUT2D eigenvalue weighted by atomic mass is 19.1. The van der Waals surface area contributed by atoms with Crippen LogP contribution in [0.25, 0.3) is 16.8 Å². The summed E-state index contributed by atoms with van der Waals surface area (Å²) in [6.07, 6.45) is 1.99. The molecule has 0 aliphatic carbocycles. The Morgan fingerprint density at radius 2 is 1.77 bits per heavy atom. The number of rotatable bonds is 5. The van der Waals surface area contributed by atoms with Crippen LogP contribution in [0.2, 0.25) is 0 Å². The minimum atomic E-state index is -0.901. The molecule has 0 fully saturated rings. The van der Waals surface area contributed by atoms with Crippen molar-refractivity contribution in [1.82, 2.24) is 9.88 Å². The van der Waals surface area contributed by atoms with Gasteiger partial charge in [-0.05, 0) is 56.7 Å². The summed E-state index contributed by atoms with van der Waals surface area (Å²) in [5.74, 6) is 0.252. The maximum Gasteiger partial charge on any atom is 0.261 e. The molecular formula is C25H23F2N3O. The first-order chi connectivity index (χ1) is 14.8. The van der Waals surface area contributed by atoms with E-state index >= 15 is 0 Å². The average molecular weight is 419 g/mol. The van der Waals surface area contributed by atoms with Crippen molar-refractivity contribution in [2.75, 3.05) is 12.4 Å². The number of amides is 1. The van der Waals surface area contributed by atoms with Crippen LogP contribution in [-0.4, -0.2) is 22.8 Å². The topological polar surface area (TPSA) is 48.1 Å². The lowest BCUT2D eigenvalue weighted by Crippen LogP contribution is -2.15. The van der Waals surface area contributed by atoms with Crippen LogP contribution < -0.4 is 5.32 Å². The van der Waals surface area contributed by atoms with Crippen molar-refractivity contribution in [3.63, 3.8) is 0 Å². The minimum absolute atomic E-state index is 0.442. The minimum Gasteiger partial charge on any atom is -0.357 e. The molecule has 0 aliphatic rings. The Kier molecular flexibility index (Phi) is 6.56. The number of carbonyl (C=O) groups excluding carboxylic acids is 1. The summed E-state index contributed by atoms with van der Waals surface area (Å²) in [4.78, 5) is 17.5. The Morgan fingerprint density at radius 1 is 1.13 bits per heavy atom. The largest absolute Gasteiger partial charge is 0.357 e. The molecule has 0 spiro atoms. The number of H-pyrrole nitrogens is 1. The van der Waals surface area contributed by atoms with E-state index in [4.69, 9.17) is 0 Å². The highest BCUT2D eigenvalue weighted by Gasteiger charge is 2.17. The number of hydrogen-bond donors (Lipinski definition) is 2. The molecule has 158 valence electrons. The molecule has 0 aliphatic heterocycles. The van der Waals surface area contributed by atoms with Gasteiger partial charge >= 0.3 is 0 Å².